The highest BCUT2D eigenvalue weighted by molar-refractivity contribution is 6.09. The van der Waals surface area contributed by atoms with E-state index in [9.17, 15) is 19.5 Å². The van der Waals surface area contributed by atoms with Crippen molar-refractivity contribution >= 4 is 29.3 Å². The van der Waals surface area contributed by atoms with Gasteiger partial charge in [0.05, 0.1) is 24.0 Å². The number of methoxy groups -OCH3 is 1. The molecule has 4 rings (SSSR count). The summed E-state index contributed by atoms with van der Waals surface area (Å²) in [4.78, 5) is 42.0. The summed E-state index contributed by atoms with van der Waals surface area (Å²) in [6.45, 7) is 8.35. The van der Waals surface area contributed by atoms with E-state index in [1.54, 1.807) is 66.5 Å². The lowest BCUT2D eigenvalue weighted by Crippen LogP contribution is -2.44. The van der Waals surface area contributed by atoms with Crippen LogP contribution in [0.3, 0.4) is 0 Å². The van der Waals surface area contributed by atoms with Gasteiger partial charge in [-0.2, -0.15) is 0 Å². The largest absolute Gasteiger partial charge is 0.506 e. The Morgan fingerprint density at radius 3 is 2.33 bits per heavy atom. The molecule has 0 spiro atoms. The van der Waals surface area contributed by atoms with Crippen molar-refractivity contribution in [1.82, 2.24) is 4.90 Å². The number of anilines is 2. The molecule has 228 valence electrons. The van der Waals surface area contributed by atoms with E-state index in [2.05, 4.69) is 5.32 Å². The molecule has 0 unspecified atom stereocenters. The predicted molar refractivity (Wildman–Crippen MR) is 164 cm³/mol. The van der Waals surface area contributed by atoms with E-state index in [0.29, 0.717) is 59.9 Å². The van der Waals surface area contributed by atoms with Crippen LogP contribution in [0.2, 0.25) is 0 Å². The lowest BCUT2D eigenvalue weighted by atomic mass is 10.1. The number of aromatic hydroxyl groups is 1. The fourth-order valence-electron chi connectivity index (χ4n) is 4.76. The van der Waals surface area contributed by atoms with Gasteiger partial charge in [-0.3, -0.25) is 9.59 Å². The molecule has 0 aliphatic carbocycles. The minimum Gasteiger partial charge on any atom is -0.506 e. The minimum atomic E-state index is -0.559. The molecule has 0 aromatic heterocycles. The van der Waals surface area contributed by atoms with Crippen LogP contribution in [0, 0.1) is 6.92 Å². The summed E-state index contributed by atoms with van der Waals surface area (Å²) in [5.74, 6) is -0.0245. The van der Waals surface area contributed by atoms with Gasteiger partial charge in [-0.25, -0.2) is 4.79 Å². The number of aryl methyl sites for hydroxylation is 1. The van der Waals surface area contributed by atoms with Gasteiger partial charge in [-0.15, -0.1) is 0 Å². The van der Waals surface area contributed by atoms with Gasteiger partial charge in [0.2, 0.25) is 0 Å². The van der Waals surface area contributed by atoms with Crippen LogP contribution in [0.4, 0.5) is 16.2 Å². The summed E-state index contributed by atoms with van der Waals surface area (Å²) in [6.07, 6.45) is 0.699. The average molecular weight is 590 g/mol. The van der Waals surface area contributed by atoms with Gasteiger partial charge in [0.1, 0.15) is 29.0 Å². The molecule has 0 atom stereocenters. The Bertz CT molecular complexity index is 1490. The third-order valence-corrected chi connectivity index (χ3v) is 7.01. The Morgan fingerprint density at radius 2 is 1.67 bits per heavy atom. The van der Waals surface area contributed by atoms with Crippen molar-refractivity contribution in [3.05, 3.63) is 77.4 Å². The number of hydrogen-bond donors (Lipinski definition) is 2. The molecule has 1 heterocycles. The third-order valence-electron chi connectivity index (χ3n) is 7.01. The van der Waals surface area contributed by atoms with Crippen molar-refractivity contribution in [3.8, 4) is 17.2 Å². The van der Waals surface area contributed by atoms with Gasteiger partial charge in [-0.05, 0) is 75.7 Å². The Hall–Kier alpha value is -4.73. The second-order valence-electron chi connectivity index (χ2n) is 11.5. The Kier molecular flexibility index (Phi) is 9.48. The summed E-state index contributed by atoms with van der Waals surface area (Å²) >= 11 is 0. The number of carbonyl (C=O) groups is 3. The first kappa shape index (κ1) is 31.2. The van der Waals surface area contributed by atoms with E-state index in [-0.39, 0.29) is 23.9 Å². The number of phenolic OH excluding ortho intramolecular Hbond substituents is 1. The molecule has 1 aliphatic rings. The molecule has 1 aliphatic heterocycles. The van der Waals surface area contributed by atoms with Crippen LogP contribution < -0.4 is 19.7 Å². The van der Waals surface area contributed by atoms with Crippen LogP contribution in [0.5, 0.6) is 17.2 Å². The van der Waals surface area contributed by atoms with Gasteiger partial charge < -0.3 is 34.4 Å². The van der Waals surface area contributed by atoms with Crippen LogP contribution in [0.15, 0.2) is 60.7 Å². The number of amides is 3. The lowest BCUT2D eigenvalue weighted by Gasteiger charge is -2.33. The second kappa shape index (κ2) is 13.1. The second-order valence-corrected chi connectivity index (χ2v) is 11.5. The molecule has 10 heteroatoms. The summed E-state index contributed by atoms with van der Waals surface area (Å²) in [5.41, 5.74) is 1.73. The molecule has 3 aromatic rings. The van der Waals surface area contributed by atoms with E-state index in [0.717, 1.165) is 5.56 Å². The van der Waals surface area contributed by atoms with Crippen molar-refractivity contribution in [2.45, 2.75) is 52.2 Å². The zero-order valence-electron chi connectivity index (χ0n) is 25.5. The molecule has 0 radical (unpaired) electrons. The number of likely N-dealkylation sites (tertiary alicyclic amines) is 1. The SMILES string of the molecule is COc1cc(C(=O)N(C)c2ccc(C)cc2O)ccc1NC(=O)c1ccccc1OC1CCN(C(=O)OC(C)(C)C)CC1. The highest BCUT2D eigenvalue weighted by atomic mass is 16.6. The molecular weight excluding hydrogens is 550 g/mol. The molecule has 0 saturated carbocycles. The molecule has 43 heavy (non-hydrogen) atoms. The number of rotatable bonds is 7. The topological polar surface area (TPSA) is 118 Å². The van der Waals surface area contributed by atoms with Crippen LogP contribution >= 0.6 is 0 Å². The molecule has 3 amide bonds. The van der Waals surface area contributed by atoms with Gasteiger partial charge in [0, 0.05) is 38.5 Å². The standard InChI is InChI=1S/C33H39N3O7/c1-21-11-14-26(27(37)19-21)35(5)31(39)22-12-13-25(29(20-22)41-6)34-30(38)24-9-7-8-10-28(24)42-23-15-17-36(18-16-23)32(40)43-33(2,3)4/h7-14,19-20,23,37H,15-18H2,1-6H3,(H,34,38). The summed E-state index contributed by atoms with van der Waals surface area (Å²) in [6, 6.07) is 16.8. The molecule has 3 aromatic carbocycles. The zero-order chi connectivity index (χ0) is 31.3. The summed E-state index contributed by atoms with van der Waals surface area (Å²) in [7, 11) is 3.03. The highest BCUT2D eigenvalue weighted by Crippen LogP contribution is 2.32. The minimum absolute atomic E-state index is 0.00109. The maximum Gasteiger partial charge on any atom is 0.410 e. The third kappa shape index (κ3) is 7.77. The summed E-state index contributed by atoms with van der Waals surface area (Å²) < 4.78 is 17.2. The predicted octanol–water partition coefficient (Wildman–Crippen LogP) is 6.02. The fourth-order valence-corrected chi connectivity index (χ4v) is 4.76. The molecule has 0 bridgehead atoms. The lowest BCUT2D eigenvalue weighted by molar-refractivity contribution is 0.0126. The summed E-state index contributed by atoms with van der Waals surface area (Å²) in [5, 5.41) is 13.2. The molecular formula is C33H39N3O7. The fraction of sp³-hybridized carbons (Fsp3) is 0.364. The first-order valence-electron chi connectivity index (χ1n) is 14.2. The van der Waals surface area contributed by atoms with E-state index < -0.39 is 11.5 Å². The Labute approximate surface area is 252 Å². The first-order chi connectivity index (χ1) is 20.4. The first-order valence-corrected chi connectivity index (χ1v) is 14.2. The van der Waals surface area contributed by atoms with Crippen molar-refractivity contribution in [2.75, 3.05) is 37.5 Å². The Balaban J connectivity index is 1.43. The monoisotopic (exact) mass is 589 g/mol. The maximum atomic E-state index is 13.4. The number of carbonyl (C=O) groups excluding carboxylic acids is 3. The quantitative estimate of drug-likeness (QED) is 0.346. The maximum absolute atomic E-state index is 13.4. The number of ether oxygens (including phenoxy) is 3. The van der Waals surface area contributed by atoms with Crippen LogP contribution in [0.1, 0.15) is 59.9 Å². The van der Waals surface area contributed by atoms with Gasteiger partial charge >= 0.3 is 6.09 Å². The van der Waals surface area contributed by atoms with Crippen LogP contribution in [-0.4, -0.2) is 66.9 Å². The van der Waals surface area contributed by atoms with E-state index in [4.69, 9.17) is 14.2 Å². The number of hydrogen-bond acceptors (Lipinski definition) is 7. The number of nitrogens with zero attached hydrogens (tertiary/aromatic N) is 2. The highest BCUT2D eigenvalue weighted by Gasteiger charge is 2.28. The number of phenols is 1. The number of benzene rings is 3. The van der Waals surface area contributed by atoms with E-state index in [1.165, 1.54) is 12.0 Å². The normalized spacial score (nSPS) is 13.7. The van der Waals surface area contributed by atoms with Gasteiger partial charge in [-0.1, -0.05) is 18.2 Å². The van der Waals surface area contributed by atoms with Crippen molar-refractivity contribution < 1.29 is 33.7 Å². The van der Waals surface area contributed by atoms with Crippen LogP contribution in [-0.2, 0) is 4.74 Å². The van der Waals surface area contributed by atoms with Gasteiger partial charge in [0.15, 0.2) is 0 Å². The Morgan fingerprint density at radius 1 is 0.977 bits per heavy atom. The van der Waals surface area contributed by atoms with Crippen molar-refractivity contribution in [2.24, 2.45) is 0 Å². The van der Waals surface area contributed by atoms with E-state index in [1.807, 2.05) is 33.8 Å². The van der Waals surface area contributed by atoms with Crippen LogP contribution in [0.25, 0.3) is 0 Å². The average Bonchev–Trinajstić information content (AvgIpc) is 2.96. The number of nitrogens with one attached hydrogen (secondary N) is 1. The number of para-hydroxylation sites is 1. The smallest absolute Gasteiger partial charge is 0.410 e. The molecule has 10 nitrogen and oxygen atoms in total. The van der Waals surface area contributed by atoms with Crippen molar-refractivity contribution in [3.63, 3.8) is 0 Å². The van der Waals surface area contributed by atoms with Crippen molar-refractivity contribution in [1.29, 1.82) is 0 Å². The zero-order valence-corrected chi connectivity index (χ0v) is 25.5. The molecule has 1 fully saturated rings. The van der Waals surface area contributed by atoms with E-state index >= 15 is 0 Å². The molecule has 1 saturated heterocycles. The molecule has 2 N–H and O–H groups in total. The number of piperidine rings is 1. The van der Waals surface area contributed by atoms with Gasteiger partial charge in [0.25, 0.3) is 11.8 Å².